The molecular formula is C29H27N5O4. The SMILES string of the molecule is Cc1cc(-c2ccc(C(=O)N3CC4(CCO4)C3)cn2)cc2cc(CNC(=O)/C=C/c3ccc(N)nc3)oc12. The van der Waals surface area contributed by atoms with Gasteiger partial charge in [-0.2, -0.15) is 0 Å². The number of furan rings is 1. The number of nitrogen functional groups attached to an aromatic ring is 1. The lowest BCUT2D eigenvalue weighted by Gasteiger charge is -2.55. The number of pyridine rings is 2. The van der Waals surface area contributed by atoms with Crippen molar-refractivity contribution in [1.82, 2.24) is 20.2 Å². The number of anilines is 1. The van der Waals surface area contributed by atoms with E-state index in [2.05, 4.69) is 15.3 Å². The van der Waals surface area contributed by atoms with Crippen LogP contribution in [0.4, 0.5) is 5.82 Å². The van der Waals surface area contributed by atoms with Gasteiger partial charge in [-0.1, -0.05) is 0 Å². The van der Waals surface area contributed by atoms with Crippen LogP contribution < -0.4 is 11.1 Å². The summed E-state index contributed by atoms with van der Waals surface area (Å²) in [7, 11) is 0. The quantitative estimate of drug-likeness (QED) is 0.380. The molecule has 9 nitrogen and oxygen atoms in total. The van der Waals surface area contributed by atoms with Crippen LogP contribution in [0.25, 0.3) is 28.3 Å². The molecule has 1 spiro atoms. The maximum Gasteiger partial charge on any atom is 0.255 e. The molecule has 0 atom stereocenters. The van der Waals surface area contributed by atoms with Gasteiger partial charge in [-0.15, -0.1) is 0 Å². The number of hydrogen-bond donors (Lipinski definition) is 2. The fraction of sp³-hybridized carbons (Fsp3) is 0.241. The Bertz CT molecular complexity index is 1540. The van der Waals surface area contributed by atoms with E-state index >= 15 is 0 Å². The van der Waals surface area contributed by atoms with Crippen molar-refractivity contribution >= 4 is 34.7 Å². The summed E-state index contributed by atoms with van der Waals surface area (Å²) in [6.45, 7) is 4.33. The highest BCUT2D eigenvalue weighted by molar-refractivity contribution is 5.95. The van der Waals surface area contributed by atoms with E-state index in [1.807, 2.05) is 42.2 Å². The Morgan fingerprint density at radius 1 is 1.13 bits per heavy atom. The number of hydrogen-bond acceptors (Lipinski definition) is 7. The van der Waals surface area contributed by atoms with E-state index < -0.39 is 0 Å². The van der Waals surface area contributed by atoms with E-state index in [-0.39, 0.29) is 24.0 Å². The zero-order valence-corrected chi connectivity index (χ0v) is 20.9. The molecule has 6 rings (SSSR count). The molecule has 3 aromatic heterocycles. The third-order valence-electron chi connectivity index (χ3n) is 7.04. The number of nitrogens with one attached hydrogen (secondary N) is 1. The molecule has 2 aliphatic rings. The van der Waals surface area contributed by atoms with Gasteiger partial charge in [0.25, 0.3) is 5.91 Å². The van der Waals surface area contributed by atoms with Crippen molar-refractivity contribution in [3.8, 4) is 11.3 Å². The van der Waals surface area contributed by atoms with Gasteiger partial charge in [0, 0.05) is 35.8 Å². The molecule has 0 radical (unpaired) electrons. The van der Waals surface area contributed by atoms with Crippen molar-refractivity contribution in [1.29, 1.82) is 0 Å². The van der Waals surface area contributed by atoms with Crippen molar-refractivity contribution in [2.24, 2.45) is 0 Å². The second-order valence-electron chi connectivity index (χ2n) is 9.87. The first-order valence-electron chi connectivity index (χ1n) is 12.5. The van der Waals surface area contributed by atoms with Crippen LogP contribution >= 0.6 is 0 Å². The van der Waals surface area contributed by atoms with Gasteiger partial charge >= 0.3 is 0 Å². The van der Waals surface area contributed by atoms with Gasteiger partial charge in [-0.25, -0.2) is 4.98 Å². The second-order valence-corrected chi connectivity index (χ2v) is 9.87. The van der Waals surface area contributed by atoms with Crippen molar-refractivity contribution < 1.29 is 18.7 Å². The van der Waals surface area contributed by atoms with E-state index in [0.717, 1.165) is 46.4 Å². The maximum atomic E-state index is 12.7. The Hall–Kier alpha value is -4.50. The van der Waals surface area contributed by atoms with Crippen LogP contribution in [0.15, 0.2) is 65.4 Å². The third kappa shape index (κ3) is 4.64. The topological polar surface area (TPSA) is 124 Å². The Kier molecular flexibility index (Phi) is 5.92. The van der Waals surface area contributed by atoms with Gasteiger partial charge in [0.05, 0.1) is 37.5 Å². The Balaban J connectivity index is 1.11. The summed E-state index contributed by atoms with van der Waals surface area (Å²) in [6, 6.07) is 13.1. The van der Waals surface area contributed by atoms with Crippen LogP contribution in [-0.4, -0.2) is 52.0 Å². The summed E-state index contributed by atoms with van der Waals surface area (Å²) in [4.78, 5) is 35.4. The molecule has 0 unspecified atom stereocenters. The molecule has 38 heavy (non-hydrogen) atoms. The Morgan fingerprint density at radius 2 is 1.97 bits per heavy atom. The number of amides is 2. The number of carbonyl (C=O) groups excluding carboxylic acids is 2. The molecule has 2 fully saturated rings. The molecule has 2 saturated heterocycles. The molecule has 0 saturated carbocycles. The van der Waals surface area contributed by atoms with Gasteiger partial charge in [-0.05, 0) is 66.6 Å². The lowest BCUT2D eigenvalue weighted by Crippen LogP contribution is -2.69. The summed E-state index contributed by atoms with van der Waals surface area (Å²) < 4.78 is 11.6. The summed E-state index contributed by atoms with van der Waals surface area (Å²) in [5.74, 6) is 0.815. The number of likely N-dealkylation sites (tertiary alicyclic amines) is 1. The van der Waals surface area contributed by atoms with E-state index in [1.165, 1.54) is 6.08 Å². The van der Waals surface area contributed by atoms with Crippen LogP contribution in [0.5, 0.6) is 0 Å². The maximum absolute atomic E-state index is 12.7. The number of aryl methyl sites for hydroxylation is 1. The standard InChI is InChI=1S/C29H27N5O4/c1-18-10-21(24-5-4-20(14-31-24)28(36)34-16-29(17-34)8-9-37-29)11-22-12-23(38-27(18)22)15-33-26(35)7-3-19-2-6-25(30)32-13-19/h2-7,10-14H,8-9,15-17H2,1H3,(H2,30,32)(H,33,35)/b7-3+. The normalized spacial score (nSPS) is 16.0. The average molecular weight is 510 g/mol. The first kappa shape index (κ1) is 23.9. The summed E-state index contributed by atoms with van der Waals surface area (Å²) in [6.07, 6.45) is 7.38. The summed E-state index contributed by atoms with van der Waals surface area (Å²) in [5.41, 5.74) is 10.3. The monoisotopic (exact) mass is 509 g/mol. The van der Waals surface area contributed by atoms with Crippen molar-refractivity contribution in [2.45, 2.75) is 25.5 Å². The van der Waals surface area contributed by atoms with E-state index in [4.69, 9.17) is 14.9 Å². The van der Waals surface area contributed by atoms with Gasteiger partial charge in [-0.3, -0.25) is 14.6 Å². The first-order valence-corrected chi connectivity index (χ1v) is 12.5. The van der Waals surface area contributed by atoms with Crippen LogP contribution in [0.1, 0.15) is 33.7 Å². The average Bonchev–Trinajstić information content (AvgIpc) is 3.29. The number of rotatable bonds is 6. The molecule has 9 heteroatoms. The number of ether oxygens (including phenoxy) is 1. The molecule has 5 heterocycles. The van der Waals surface area contributed by atoms with E-state index in [9.17, 15) is 9.59 Å². The van der Waals surface area contributed by atoms with E-state index in [1.54, 1.807) is 30.6 Å². The number of carbonyl (C=O) groups is 2. The van der Waals surface area contributed by atoms with Gasteiger partial charge in [0.2, 0.25) is 5.91 Å². The van der Waals surface area contributed by atoms with Crippen LogP contribution in [0.3, 0.4) is 0 Å². The Morgan fingerprint density at radius 3 is 2.66 bits per heavy atom. The highest BCUT2D eigenvalue weighted by Gasteiger charge is 2.50. The molecule has 2 amide bonds. The molecular weight excluding hydrogens is 482 g/mol. The number of aromatic nitrogens is 2. The fourth-order valence-electron chi connectivity index (χ4n) is 4.84. The highest BCUT2D eigenvalue weighted by atomic mass is 16.5. The molecule has 0 aliphatic carbocycles. The first-order chi connectivity index (χ1) is 18.4. The van der Waals surface area contributed by atoms with Crippen molar-refractivity contribution in [2.75, 3.05) is 25.4 Å². The predicted molar refractivity (Wildman–Crippen MR) is 143 cm³/mol. The number of nitrogens with zero attached hydrogens (tertiary/aromatic N) is 3. The lowest BCUT2D eigenvalue weighted by molar-refractivity contribution is -0.209. The summed E-state index contributed by atoms with van der Waals surface area (Å²) >= 11 is 0. The minimum Gasteiger partial charge on any atom is -0.459 e. The lowest BCUT2D eigenvalue weighted by atomic mass is 9.86. The van der Waals surface area contributed by atoms with Gasteiger partial charge < -0.3 is 25.1 Å². The van der Waals surface area contributed by atoms with E-state index in [0.29, 0.717) is 30.2 Å². The smallest absolute Gasteiger partial charge is 0.255 e. The molecule has 4 aromatic rings. The summed E-state index contributed by atoms with van der Waals surface area (Å²) in [5, 5.41) is 3.75. The van der Waals surface area contributed by atoms with Crippen molar-refractivity contribution in [3.05, 3.63) is 83.4 Å². The van der Waals surface area contributed by atoms with Gasteiger partial charge in [0.15, 0.2) is 0 Å². The predicted octanol–water partition coefficient (Wildman–Crippen LogP) is 3.72. The van der Waals surface area contributed by atoms with Crippen molar-refractivity contribution in [3.63, 3.8) is 0 Å². The Labute approximate surface area is 219 Å². The highest BCUT2D eigenvalue weighted by Crippen LogP contribution is 2.36. The zero-order valence-electron chi connectivity index (χ0n) is 20.9. The number of nitrogens with two attached hydrogens (primary N) is 1. The van der Waals surface area contributed by atoms with Crippen LogP contribution in [-0.2, 0) is 16.1 Å². The second kappa shape index (κ2) is 9.42. The van der Waals surface area contributed by atoms with Crippen LogP contribution in [0, 0.1) is 6.92 Å². The molecule has 3 N–H and O–H groups in total. The largest absolute Gasteiger partial charge is 0.459 e. The minimum absolute atomic E-state index is 0.0155. The minimum atomic E-state index is -0.243. The molecule has 0 bridgehead atoms. The zero-order chi connectivity index (χ0) is 26.3. The molecule has 192 valence electrons. The fourth-order valence-corrected chi connectivity index (χ4v) is 4.84. The number of fused-ring (bicyclic) bond motifs is 1. The van der Waals surface area contributed by atoms with Crippen LogP contribution in [0.2, 0.25) is 0 Å². The molecule has 2 aliphatic heterocycles. The third-order valence-corrected chi connectivity index (χ3v) is 7.04. The number of benzene rings is 1. The van der Waals surface area contributed by atoms with Gasteiger partial charge in [0.1, 0.15) is 22.8 Å². The molecule has 1 aromatic carbocycles.